The molecule has 0 atom stereocenters. The van der Waals surface area contributed by atoms with Crippen LogP contribution in [0.1, 0.15) is 59.2 Å². The SMILES string of the molecule is O=C(NCCN1CCCC1)c1cn2c3c(c(F)ccc3c1=O)Oc1ccccc1-2.O=C(NCCN1CCCC1)c1cn2c3c(c(NC4CC4)ccc3c1=O)Oc1ccccc1-2. The quantitative estimate of drug-likeness (QED) is 0.140. The Bertz CT molecular complexity index is 2840. The van der Waals surface area contributed by atoms with Crippen molar-refractivity contribution in [3.8, 4) is 34.4 Å². The fraction of sp³-hybridized carbons (Fsp3) is 0.319. The number of rotatable bonds is 10. The van der Waals surface area contributed by atoms with Gasteiger partial charge in [0.2, 0.25) is 10.9 Å². The molecule has 0 bridgehead atoms. The topological polar surface area (TPSA) is 139 Å². The second kappa shape index (κ2) is 16.2. The van der Waals surface area contributed by atoms with E-state index < -0.39 is 17.2 Å². The van der Waals surface area contributed by atoms with Crippen LogP contribution in [0.2, 0.25) is 0 Å². The van der Waals surface area contributed by atoms with Gasteiger partial charge in [0.25, 0.3) is 11.8 Å². The highest BCUT2D eigenvalue weighted by molar-refractivity contribution is 6.01. The summed E-state index contributed by atoms with van der Waals surface area (Å²) in [5.74, 6) is 0.513. The Balaban J connectivity index is 0.000000147. The number of nitrogens with zero attached hydrogens (tertiary/aromatic N) is 4. The van der Waals surface area contributed by atoms with Gasteiger partial charge in [0.1, 0.15) is 22.2 Å². The predicted molar refractivity (Wildman–Crippen MR) is 232 cm³/mol. The Hall–Kier alpha value is -6.51. The molecule has 6 aromatic rings. The number of fused-ring (bicyclic) bond motifs is 4. The van der Waals surface area contributed by atoms with Gasteiger partial charge in [-0.25, -0.2) is 4.39 Å². The van der Waals surface area contributed by atoms with Crippen LogP contribution in [-0.4, -0.2) is 89.1 Å². The summed E-state index contributed by atoms with van der Waals surface area (Å²) >= 11 is 0. The van der Waals surface area contributed by atoms with Gasteiger partial charge in [-0.3, -0.25) is 19.2 Å². The van der Waals surface area contributed by atoms with E-state index in [4.69, 9.17) is 9.47 Å². The van der Waals surface area contributed by atoms with E-state index in [-0.39, 0.29) is 33.6 Å². The average Bonchev–Trinajstić information content (AvgIpc) is 3.65. The summed E-state index contributed by atoms with van der Waals surface area (Å²) in [6.45, 7) is 6.83. The van der Waals surface area contributed by atoms with Gasteiger partial charge in [-0.05, 0) is 113 Å². The minimum Gasteiger partial charge on any atom is -0.451 e. The number of hydrogen-bond acceptors (Lipinski definition) is 9. The maximum Gasteiger partial charge on any atom is 0.256 e. The third-order valence-corrected chi connectivity index (χ3v) is 12.1. The zero-order valence-corrected chi connectivity index (χ0v) is 33.7. The number of pyridine rings is 2. The maximum atomic E-state index is 14.4. The molecule has 4 aromatic carbocycles. The molecule has 312 valence electrons. The van der Waals surface area contributed by atoms with Gasteiger partial charge >= 0.3 is 0 Å². The van der Waals surface area contributed by atoms with Crippen molar-refractivity contribution in [3.05, 3.63) is 123 Å². The van der Waals surface area contributed by atoms with Crippen molar-refractivity contribution < 1.29 is 23.5 Å². The molecule has 1 aliphatic carbocycles. The number of likely N-dealkylation sites (tertiary alicyclic amines) is 2. The molecule has 3 N–H and O–H groups in total. The molecule has 61 heavy (non-hydrogen) atoms. The molecule has 0 radical (unpaired) electrons. The normalized spacial score (nSPS) is 16.2. The van der Waals surface area contributed by atoms with E-state index in [9.17, 15) is 23.6 Å². The molecule has 5 aliphatic rings. The van der Waals surface area contributed by atoms with Gasteiger partial charge in [-0.15, -0.1) is 0 Å². The van der Waals surface area contributed by atoms with Gasteiger partial charge in [0.15, 0.2) is 28.8 Å². The first-order valence-corrected chi connectivity index (χ1v) is 21.2. The Morgan fingerprint density at radius 2 is 1.10 bits per heavy atom. The fourth-order valence-corrected chi connectivity index (χ4v) is 8.79. The highest BCUT2D eigenvalue weighted by Gasteiger charge is 2.30. The first-order chi connectivity index (χ1) is 29.8. The van der Waals surface area contributed by atoms with E-state index in [0.717, 1.165) is 63.5 Å². The van der Waals surface area contributed by atoms with Crippen molar-refractivity contribution in [1.29, 1.82) is 0 Å². The number of halogens is 1. The van der Waals surface area contributed by atoms with E-state index in [1.54, 1.807) is 29.0 Å². The first kappa shape index (κ1) is 38.7. The summed E-state index contributed by atoms with van der Waals surface area (Å²) in [7, 11) is 0. The van der Waals surface area contributed by atoms with Gasteiger partial charge < -0.3 is 44.4 Å². The molecule has 1 saturated carbocycles. The van der Waals surface area contributed by atoms with E-state index >= 15 is 0 Å². The van der Waals surface area contributed by atoms with Crippen molar-refractivity contribution in [2.45, 2.75) is 44.6 Å². The van der Waals surface area contributed by atoms with Crippen LogP contribution in [0.3, 0.4) is 0 Å². The molecule has 2 saturated heterocycles. The van der Waals surface area contributed by atoms with Crippen LogP contribution < -0.4 is 36.3 Å². The number of benzene rings is 4. The summed E-state index contributed by atoms with van der Waals surface area (Å²) < 4.78 is 30.0. The molecule has 6 heterocycles. The second-order valence-electron chi connectivity index (χ2n) is 16.3. The van der Waals surface area contributed by atoms with Gasteiger partial charge in [0, 0.05) is 44.6 Å². The third kappa shape index (κ3) is 7.39. The van der Waals surface area contributed by atoms with Crippen molar-refractivity contribution in [3.63, 3.8) is 0 Å². The Kier molecular flexibility index (Phi) is 10.2. The zero-order valence-electron chi connectivity index (χ0n) is 33.7. The number of hydrogen-bond donors (Lipinski definition) is 3. The van der Waals surface area contributed by atoms with E-state index in [0.29, 0.717) is 58.5 Å². The Morgan fingerprint density at radius 3 is 1.62 bits per heavy atom. The zero-order chi connectivity index (χ0) is 41.6. The number of para-hydroxylation sites is 4. The van der Waals surface area contributed by atoms with E-state index in [1.165, 1.54) is 44.0 Å². The largest absolute Gasteiger partial charge is 0.451 e. The molecule has 2 amide bonds. The Labute approximate surface area is 350 Å². The third-order valence-electron chi connectivity index (χ3n) is 12.1. The number of amides is 2. The molecule has 0 unspecified atom stereocenters. The molecule has 11 rings (SSSR count). The Morgan fingerprint density at radius 1 is 0.623 bits per heavy atom. The minimum absolute atomic E-state index is 0.000656. The lowest BCUT2D eigenvalue weighted by Crippen LogP contribution is -2.36. The lowest BCUT2D eigenvalue weighted by molar-refractivity contribution is 0.0940. The number of ether oxygens (including phenoxy) is 2. The number of carbonyl (C=O) groups is 2. The predicted octanol–water partition coefficient (Wildman–Crippen LogP) is 6.56. The smallest absolute Gasteiger partial charge is 0.256 e. The average molecular weight is 824 g/mol. The summed E-state index contributed by atoms with van der Waals surface area (Å²) in [6.07, 6.45) is 10.2. The lowest BCUT2D eigenvalue weighted by atomic mass is 10.1. The van der Waals surface area contributed by atoms with Gasteiger partial charge in [0.05, 0.1) is 27.8 Å². The highest BCUT2D eigenvalue weighted by Crippen LogP contribution is 2.45. The first-order valence-electron chi connectivity index (χ1n) is 21.2. The van der Waals surface area contributed by atoms with Gasteiger partial charge in [-0.1, -0.05) is 24.3 Å². The highest BCUT2D eigenvalue weighted by atomic mass is 19.1. The monoisotopic (exact) mass is 823 g/mol. The van der Waals surface area contributed by atoms with E-state index in [2.05, 4.69) is 25.8 Å². The van der Waals surface area contributed by atoms with Crippen LogP contribution in [0, 0.1) is 5.82 Å². The van der Waals surface area contributed by atoms with Crippen molar-refractivity contribution in [2.75, 3.05) is 57.7 Å². The molecule has 4 aliphatic heterocycles. The van der Waals surface area contributed by atoms with Crippen molar-refractivity contribution in [2.24, 2.45) is 0 Å². The fourth-order valence-electron chi connectivity index (χ4n) is 8.79. The molecular weight excluding hydrogens is 778 g/mol. The summed E-state index contributed by atoms with van der Waals surface area (Å²) in [5.41, 5.74) is 2.89. The van der Waals surface area contributed by atoms with Crippen LogP contribution in [0.5, 0.6) is 23.0 Å². The summed E-state index contributed by atoms with van der Waals surface area (Å²) in [6, 6.07) is 21.6. The van der Waals surface area contributed by atoms with Crippen LogP contribution >= 0.6 is 0 Å². The second-order valence-corrected chi connectivity index (χ2v) is 16.3. The molecule has 2 aromatic heterocycles. The maximum absolute atomic E-state index is 14.4. The minimum atomic E-state index is -0.553. The number of carbonyl (C=O) groups excluding carboxylic acids is 2. The molecule has 3 fully saturated rings. The summed E-state index contributed by atoms with van der Waals surface area (Å²) in [4.78, 5) is 56.7. The molecule has 14 heteroatoms. The number of nitrogens with one attached hydrogen (secondary N) is 3. The van der Waals surface area contributed by atoms with Gasteiger partial charge in [-0.2, -0.15) is 0 Å². The number of anilines is 1. The molecule has 13 nitrogen and oxygen atoms in total. The van der Waals surface area contributed by atoms with Crippen molar-refractivity contribution >= 4 is 39.3 Å². The molecular formula is C47H46FN7O6. The van der Waals surface area contributed by atoms with E-state index in [1.807, 2.05) is 47.0 Å². The van der Waals surface area contributed by atoms with Crippen molar-refractivity contribution in [1.82, 2.24) is 29.6 Å². The summed E-state index contributed by atoms with van der Waals surface area (Å²) in [5, 5.41) is 10.0. The van der Waals surface area contributed by atoms with Crippen LogP contribution in [-0.2, 0) is 0 Å². The standard InChI is InChI=1S/C25H26N4O3.C22H20FN3O3/c30-23-17-9-10-19(27-16-7-8-16)24-22(17)29(20-5-1-2-6-21(20)32-24)15-18(23)25(31)26-11-14-28-12-3-4-13-28;23-16-8-7-14-19-21(16)29-18-6-2-1-5-17(18)26(19)13-15(20(14)27)22(28)24-9-12-25-10-3-4-11-25/h1-2,5-6,9-10,15-16,27H,3-4,7-8,11-14H2,(H,26,31);1-2,5-8,13H,3-4,9-12H2,(H,24,28). The molecule has 0 spiro atoms. The van der Waals surface area contributed by atoms with Crippen LogP contribution in [0.15, 0.2) is 94.8 Å². The van der Waals surface area contributed by atoms with Crippen LogP contribution in [0.4, 0.5) is 10.1 Å². The van der Waals surface area contributed by atoms with Crippen LogP contribution in [0.25, 0.3) is 33.2 Å². The number of aromatic nitrogens is 2. The lowest BCUT2D eigenvalue weighted by Gasteiger charge is -2.26.